The monoisotopic (exact) mass is 264 g/mol. The van der Waals surface area contributed by atoms with Crippen LogP contribution in [0.4, 0.5) is 0 Å². The molecule has 0 heterocycles. The van der Waals surface area contributed by atoms with Gasteiger partial charge in [-0.3, -0.25) is 9.59 Å². The van der Waals surface area contributed by atoms with Gasteiger partial charge in [0.25, 0.3) is 0 Å². The molecule has 1 rings (SSSR count). The topological polar surface area (TPSA) is 81.4 Å². The molecule has 19 heavy (non-hydrogen) atoms. The molecule has 0 saturated carbocycles. The molecule has 0 saturated heterocycles. The maximum Gasteiger partial charge on any atom is 0.323 e. The molecule has 0 radical (unpaired) electrons. The molecular weight excluding hydrogens is 244 g/mol. The Bertz CT molecular complexity index is 406. The van der Waals surface area contributed by atoms with Crippen LogP contribution in [0.1, 0.15) is 25.3 Å². The maximum atomic E-state index is 11.9. The Balaban J connectivity index is 2.45. The second-order valence-electron chi connectivity index (χ2n) is 4.21. The third kappa shape index (κ3) is 6.01. The lowest BCUT2D eigenvalue weighted by atomic mass is 10.1. The lowest BCUT2D eigenvalue weighted by Gasteiger charge is -2.16. The summed E-state index contributed by atoms with van der Waals surface area (Å²) >= 11 is 0. The van der Waals surface area contributed by atoms with Gasteiger partial charge in [-0.1, -0.05) is 37.3 Å². The van der Waals surface area contributed by atoms with E-state index in [4.69, 9.17) is 10.5 Å². The van der Waals surface area contributed by atoms with E-state index in [1.807, 2.05) is 37.3 Å². The Morgan fingerprint density at radius 2 is 2.00 bits per heavy atom. The molecule has 0 bridgehead atoms. The standard InChI is InChI=1S/C14H20N2O3/c1-2-16-12(8-9-13(15)17)14(18)19-10-11-6-4-3-5-7-11/h3-7,12,16H,2,8-10H2,1H3,(H2,15,17)/t12-/m0/s1. The van der Waals surface area contributed by atoms with Crippen LogP contribution in [-0.4, -0.2) is 24.5 Å². The average molecular weight is 264 g/mol. The number of rotatable bonds is 8. The lowest BCUT2D eigenvalue weighted by molar-refractivity contribution is -0.147. The van der Waals surface area contributed by atoms with E-state index < -0.39 is 11.9 Å². The van der Waals surface area contributed by atoms with E-state index in [1.165, 1.54) is 0 Å². The molecule has 0 fully saturated rings. The fraction of sp³-hybridized carbons (Fsp3) is 0.429. The molecule has 0 aliphatic heterocycles. The zero-order valence-corrected chi connectivity index (χ0v) is 11.1. The molecule has 0 aliphatic carbocycles. The zero-order chi connectivity index (χ0) is 14.1. The van der Waals surface area contributed by atoms with Crippen molar-refractivity contribution in [2.75, 3.05) is 6.54 Å². The number of nitrogens with one attached hydrogen (secondary N) is 1. The van der Waals surface area contributed by atoms with E-state index in [1.54, 1.807) is 0 Å². The van der Waals surface area contributed by atoms with Crippen LogP contribution in [0.2, 0.25) is 0 Å². The smallest absolute Gasteiger partial charge is 0.323 e. The Morgan fingerprint density at radius 1 is 1.32 bits per heavy atom. The Morgan fingerprint density at radius 3 is 2.58 bits per heavy atom. The summed E-state index contributed by atoms with van der Waals surface area (Å²) in [5.74, 6) is -0.772. The first-order chi connectivity index (χ1) is 9.13. The summed E-state index contributed by atoms with van der Waals surface area (Å²) in [5, 5.41) is 2.99. The van der Waals surface area contributed by atoms with Crippen LogP contribution in [0, 0.1) is 0 Å². The molecule has 5 nitrogen and oxygen atoms in total. The van der Waals surface area contributed by atoms with E-state index >= 15 is 0 Å². The van der Waals surface area contributed by atoms with E-state index in [0.29, 0.717) is 13.0 Å². The Labute approximate surface area is 113 Å². The van der Waals surface area contributed by atoms with E-state index in [-0.39, 0.29) is 19.0 Å². The predicted octanol–water partition coefficient (Wildman–Crippen LogP) is 0.973. The molecule has 5 heteroatoms. The number of carbonyl (C=O) groups is 2. The van der Waals surface area contributed by atoms with Crippen LogP contribution in [0.25, 0.3) is 0 Å². The van der Waals surface area contributed by atoms with Crippen LogP contribution in [0.15, 0.2) is 30.3 Å². The molecule has 3 N–H and O–H groups in total. The summed E-state index contributed by atoms with van der Waals surface area (Å²) in [6, 6.07) is 8.97. The van der Waals surface area contributed by atoms with E-state index in [2.05, 4.69) is 5.32 Å². The molecule has 1 amide bonds. The summed E-state index contributed by atoms with van der Waals surface area (Å²) in [6.45, 7) is 2.75. The van der Waals surface area contributed by atoms with Crippen LogP contribution in [0.3, 0.4) is 0 Å². The number of ether oxygens (including phenoxy) is 1. The van der Waals surface area contributed by atoms with Crippen molar-refractivity contribution in [3.63, 3.8) is 0 Å². The molecule has 1 atom stereocenters. The number of hydrogen-bond donors (Lipinski definition) is 2. The summed E-state index contributed by atoms with van der Waals surface area (Å²) in [7, 11) is 0. The Kier molecular flexibility index (Phi) is 6.60. The minimum absolute atomic E-state index is 0.165. The van der Waals surface area contributed by atoms with Gasteiger partial charge in [-0.15, -0.1) is 0 Å². The maximum absolute atomic E-state index is 11.9. The minimum Gasteiger partial charge on any atom is -0.460 e. The summed E-state index contributed by atoms with van der Waals surface area (Å²) in [4.78, 5) is 22.6. The number of amides is 1. The van der Waals surface area contributed by atoms with Gasteiger partial charge in [0.15, 0.2) is 0 Å². The van der Waals surface area contributed by atoms with Crippen molar-refractivity contribution >= 4 is 11.9 Å². The fourth-order valence-corrected chi connectivity index (χ4v) is 1.67. The highest BCUT2D eigenvalue weighted by atomic mass is 16.5. The first-order valence-corrected chi connectivity index (χ1v) is 6.35. The summed E-state index contributed by atoms with van der Waals surface area (Å²) in [5.41, 5.74) is 6.01. The predicted molar refractivity (Wildman–Crippen MR) is 72.1 cm³/mol. The largest absolute Gasteiger partial charge is 0.460 e. The minimum atomic E-state index is -0.485. The van der Waals surface area contributed by atoms with Gasteiger partial charge < -0.3 is 15.8 Å². The van der Waals surface area contributed by atoms with Crippen LogP contribution in [-0.2, 0) is 20.9 Å². The number of hydrogen-bond acceptors (Lipinski definition) is 4. The van der Waals surface area contributed by atoms with E-state index in [0.717, 1.165) is 5.56 Å². The van der Waals surface area contributed by atoms with Crippen molar-refractivity contribution in [1.82, 2.24) is 5.32 Å². The molecule has 104 valence electrons. The SMILES string of the molecule is CCN[C@@H](CCC(N)=O)C(=O)OCc1ccccc1. The van der Waals surface area contributed by atoms with Crippen molar-refractivity contribution in [3.8, 4) is 0 Å². The molecule has 0 aromatic heterocycles. The van der Waals surface area contributed by atoms with Crippen molar-refractivity contribution in [1.29, 1.82) is 0 Å². The van der Waals surface area contributed by atoms with Crippen molar-refractivity contribution in [3.05, 3.63) is 35.9 Å². The number of esters is 1. The number of benzene rings is 1. The zero-order valence-electron chi connectivity index (χ0n) is 11.1. The van der Waals surface area contributed by atoms with Crippen molar-refractivity contribution < 1.29 is 14.3 Å². The number of primary amides is 1. The van der Waals surface area contributed by atoms with Gasteiger partial charge in [0.1, 0.15) is 12.6 Å². The van der Waals surface area contributed by atoms with Crippen LogP contribution < -0.4 is 11.1 Å². The highest BCUT2D eigenvalue weighted by Crippen LogP contribution is 2.05. The van der Waals surface area contributed by atoms with E-state index in [9.17, 15) is 9.59 Å². The molecular formula is C14H20N2O3. The van der Waals surface area contributed by atoms with Crippen molar-refractivity contribution in [2.24, 2.45) is 5.73 Å². The summed E-state index contributed by atoms with van der Waals surface area (Å²) < 4.78 is 5.22. The molecule has 1 aromatic rings. The number of nitrogens with two attached hydrogens (primary N) is 1. The highest BCUT2D eigenvalue weighted by molar-refractivity contribution is 5.78. The average Bonchev–Trinajstić information content (AvgIpc) is 2.41. The van der Waals surface area contributed by atoms with Crippen molar-refractivity contribution in [2.45, 2.75) is 32.4 Å². The normalized spacial score (nSPS) is 11.8. The number of carbonyl (C=O) groups excluding carboxylic acids is 2. The second-order valence-corrected chi connectivity index (χ2v) is 4.21. The lowest BCUT2D eigenvalue weighted by Crippen LogP contribution is -2.38. The van der Waals surface area contributed by atoms with Gasteiger partial charge in [-0.25, -0.2) is 0 Å². The van der Waals surface area contributed by atoms with Gasteiger partial charge in [-0.2, -0.15) is 0 Å². The molecule has 0 unspecified atom stereocenters. The quantitative estimate of drug-likeness (QED) is 0.686. The third-order valence-electron chi connectivity index (χ3n) is 2.64. The van der Waals surface area contributed by atoms with Crippen LogP contribution >= 0.6 is 0 Å². The third-order valence-corrected chi connectivity index (χ3v) is 2.64. The second kappa shape index (κ2) is 8.26. The molecule has 1 aromatic carbocycles. The molecule has 0 spiro atoms. The Hall–Kier alpha value is -1.88. The number of likely N-dealkylation sites (N-methyl/N-ethyl adjacent to an activating group) is 1. The van der Waals surface area contributed by atoms with Gasteiger partial charge in [0.2, 0.25) is 5.91 Å². The van der Waals surface area contributed by atoms with Gasteiger partial charge in [0.05, 0.1) is 0 Å². The van der Waals surface area contributed by atoms with Gasteiger partial charge >= 0.3 is 5.97 Å². The fourth-order valence-electron chi connectivity index (χ4n) is 1.67. The van der Waals surface area contributed by atoms with Gasteiger partial charge in [-0.05, 0) is 18.5 Å². The van der Waals surface area contributed by atoms with Crippen LogP contribution in [0.5, 0.6) is 0 Å². The van der Waals surface area contributed by atoms with Gasteiger partial charge in [0, 0.05) is 6.42 Å². The summed E-state index contributed by atoms with van der Waals surface area (Å²) in [6.07, 6.45) is 0.523. The first kappa shape index (κ1) is 15.2. The first-order valence-electron chi connectivity index (χ1n) is 6.35. The molecule has 0 aliphatic rings. The highest BCUT2D eigenvalue weighted by Gasteiger charge is 2.19.